The predicted octanol–water partition coefficient (Wildman–Crippen LogP) is 5.26. The van der Waals surface area contributed by atoms with E-state index in [4.69, 9.17) is 19.3 Å². The fourth-order valence-corrected chi connectivity index (χ4v) is 3.48. The second-order valence-corrected chi connectivity index (χ2v) is 7.85. The number of allylic oxidation sites excluding steroid dienone is 1. The summed E-state index contributed by atoms with van der Waals surface area (Å²) in [5, 5.41) is 21.4. The first kappa shape index (κ1) is 26.6. The minimum atomic E-state index is -1.000. The summed E-state index contributed by atoms with van der Waals surface area (Å²) < 4.78 is 16.7. The van der Waals surface area contributed by atoms with Crippen molar-refractivity contribution < 1.29 is 28.9 Å². The minimum Gasteiger partial charge on any atom is -0.497 e. The molecule has 0 saturated carbocycles. The zero-order valence-electron chi connectivity index (χ0n) is 20.5. The highest BCUT2D eigenvalue weighted by molar-refractivity contribution is 6.09. The van der Waals surface area contributed by atoms with Gasteiger partial charge >= 0.3 is 5.97 Å². The third-order valence-electron chi connectivity index (χ3n) is 5.35. The van der Waals surface area contributed by atoms with Crippen molar-refractivity contribution in [2.75, 3.05) is 19.5 Å². The summed E-state index contributed by atoms with van der Waals surface area (Å²) in [5.41, 5.74) is 2.73. The van der Waals surface area contributed by atoms with E-state index < -0.39 is 11.9 Å². The van der Waals surface area contributed by atoms with Gasteiger partial charge in [-0.05, 0) is 72.2 Å². The lowest BCUT2D eigenvalue weighted by Crippen LogP contribution is -2.13. The molecule has 8 nitrogen and oxygen atoms in total. The second-order valence-electron chi connectivity index (χ2n) is 7.85. The lowest BCUT2D eigenvalue weighted by Gasteiger charge is -2.16. The molecule has 0 aliphatic rings. The van der Waals surface area contributed by atoms with Crippen LogP contribution in [0.5, 0.6) is 17.2 Å². The number of nitrogens with zero attached hydrogens (tertiary/aromatic N) is 1. The maximum Gasteiger partial charge on any atom is 0.335 e. The molecule has 3 aromatic rings. The average Bonchev–Trinajstić information content (AvgIpc) is 2.91. The molecule has 3 rings (SSSR count). The van der Waals surface area contributed by atoms with Crippen LogP contribution < -0.4 is 19.5 Å². The summed E-state index contributed by atoms with van der Waals surface area (Å²) in [6, 6.07) is 18.6. The van der Waals surface area contributed by atoms with Crippen molar-refractivity contribution in [3.05, 3.63) is 101 Å². The summed E-state index contributed by atoms with van der Waals surface area (Å²) in [4.78, 5) is 23.8. The van der Waals surface area contributed by atoms with E-state index in [2.05, 4.69) is 11.9 Å². The zero-order valence-corrected chi connectivity index (χ0v) is 20.5. The Bertz CT molecular complexity index is 1350. The molecule has 0 aliphatic carbocycles. The van der Waals surface area contributed by atoms with Gasteiger partial charge in [0, 0.05) is 11.3 Å². The summed E-state index contributed by atoms with van der Waals surface area (Å²) >= 11 is 0. The average molecular weight is 499 g/mol. The molecule has 0 bridgehead atoms. The highest BCUT2D eigenvalue weighted by atomic mass is 16.5. The van der Waals surface area contributed by atoms with Gasteiger partial charge in [0.25, 0.3) is 5.91 Å². The van der Waals surface area contributed by atoms with E-state index >= 15 is 0 Å². The van der Waals surface area contributed by atoms with Crippen LogP contribution >= 0.6 is 0 Å². The Kier molecular flexibility index (Phi) is 9.06. The Labute approximate surface area is 215 Å². The maximum atomic E-state index is 12.7. The monoisotopic (exact) mass is 498 g/mol. The van der Waals surface area contributed by atoms with Crippen molar-refractivity contribution >= 4 is 23.6 Å². The number of methoxy groups -OCH3 is 2. The standard InChI is InChI=1S/C29H26N2O6/c1-4-5-22-14-20(15-23(17-30)28(32)31-24-10-12-25(35-2)13-11-24)16-26(36-3)27(22)37-18-19-6-8-21(9-7-19)29(33)34/h4,6-16H,1,5,18H2,2-3H3,(H,31,32)(H,33,34)/b23-15+. The molecule has 0 radical (unpaired) electrons. The lowest BCUT2D eigenvalue weighted by atomic mass is 10.0. The van der Waals surface area contributed by atoms with Gasteiger partial charge in [-0.25, -0.2) is 4.79 Å². The van der Waals surface area contributed by atoms with E-state index in [0.29, 0.717) is 34.9 Å². The van der Waals surface area contributed by atoms with Crippen LogP contribution in [0.3, 0.4) is 0 Å². The minimum absolute atomic E-state index is 0.0883. The van der Waals surface area contributed by atoms with Gasteiger partial charge in [-0.15, -0.1) is 6.58 Å². The van der Waals surface area contributed by atoms with E-state index in [1.807, 2.05) is 6.07 Å². The van der Waals surface area contributed by atoms with Crippen molar-refractivity contribution in [3.63, 3.8) is 0 Å². The molecular weight excluding hydrogens is 472 g/mol. The van der Waals surface area contributed by atoms with Crippen LogP contribution in [0.2, 0.25) is 0 Å². The molecule has 8 heteroatoms. The number of nitriles is 1. The fraction of sp³-hybridized carbons (Fsp3) is 0.138. The van der Waals surface area contributed by atoms with Crippen LogP contribution in [-0.4, -0.2) is 31.2 Å². The summed E-state index contributed by atoms with van der Waals surface area (Å²) in [6.07, 6.45) is 3.63. The molecule has 0 aliphatic heterocycles. The lowest BCUT2D eigenvalue weighted by molar-refractivity contribution is -0.112. The molecule has 2 N–H and O–H groups in total. The number of benzene rings is 3. The van der Waals surface area contributed by atoms with Gasteiger partial charge in [0.15, 0.2) is 11.5 Å². The number of amides is 1. The molecule has 0 aromatic heterocycles. The number of carbonyl (C=O) groups is 2. The van der Waals surface area contributed by atoms with Crippen molar-refractivity contribution in [2.45, 2.75) is 13.0 Å². The van der Waals surface area contributed by atoms with E-state index in [1.54, 1.807) is 61.7 Å². The molecule has 0 spiro atoms. The molecule has 1 amide bonds. The number of rotatable bonds is 11. The molecule has 37 heavy (non-hydrogen) atoms. The molecule has 0 fully saturated rings. The van der Waals surface area contributed by atoms with E-state index in [-0.39, 0.29) is 17.7 Å². The van der Waals surface area contributed by atoms with Crippen LogP contribution in [-0.2, 0) is 17.8 Å². The fourth-order valence-electron chi connectivity index (χ4n) is 3.48. The number of carboxylic acids is 1. The highest BCUT2D eigenvalue weighted by Gasteiger charge is 2.15. The van der Waals surface area contributed by atoms with Crippen molar-refractivity contribution in [3.8, 4) is 23.3 Å². The Hall–Kier alpha value is -5.03. The van der Waals surface area contributed by atoms with Crippen molar-refractivity contribution in [1.82, 2.24) is 0 Å². The normalized spacial score (nSPS) is 10.7. The Morgan fingerprint density at radius 3 is 2.32 bits per heavy atom. The summed E-state index contributed by atoms with van der Waals surface area (Å²) in [6.45, 7) is 3.98. The number of carbonyl (C=O) groups excluding carboxylic acids is 1. The summed E-state index contributed by atoms with van der Waals surface area (Å²) in [7, 11) is 3.05. The molecule has 188 valence electrons. The summed E-state index contributed by atoms with van der Waals surface area (Å²) in [5.74, 6) is 0.00152. The first-order chi connectivity index (χ1) is 17.9. The van der Waals surface area contributed by atoms with Gasteiger partial charge in [0.05, 0.1) is 19.8 Å². The number of nitrogens with one attached hydrogen (secondary N) is 1. The number of hydrogen-bond acceptors (Lipinski definition) is 6. The third-order valence-corrected chi connectivity index (χ3v) is 5.35. The van der Waals surface area contributed by atoms with Gasteiger partial charge in [-0.1, -0.05) is 18.2 Å². The van der Waals surface area contributed by atoms with Gasteiger partial charge in [0.1, 0.15) is 24.0 Å². The topological polar surface area (TPSA) is 118 Å². The van der Waals surface area contributed by atoms with Gasteiger partial charge in [-0.3, -0.25) is 4.79 Å². The smallest absolute Gasteiger partial charge is 0.335 e. The quantitative estimate of drug-likeness (QED) is 0.210. The first-order valence-electron chi connectivity index (χ1n) is 11.2. The number of anilines is 1. The maximum absolute atomic E-state index is 12.7. The van der Waals surface area contributed by atoms with Crippen LogP contribution in [0, 0.1) is 11.3 Å². The second kappa shape index (κ2) is 12.6. The van der Waals surface area contributed by atoms with Crippen LogP contribution in [0.1, 0.15) is 27.0 Å². The largest absolute Gasteiger partial charge is 0.497 e. The van der Waals surface area contributed by atoms with E-state index in [9.17, 15) is 14.9 Å². The van der Waals surface area contributed by atoms with Gasteiger partial charge < -0.3 is 24.6 Å². The van der Waals surface area contributed by atoms with Gasteiger partial charge in [-0.2, -0.15) is 5.26 Å². The first-order valence-corrected chi connectivity index (χ1v) is 11.2. The predicted molar refractivity (Wildman–Crippen MR) is 140 cm³/mol. The number of ether oxygens (including phenoxy) is 3. The number of aromatic carboxylic acids is 1. The number of carboxylic acid groups (broad SMARTS) is 1. The SMILES string of the molecule is C=CCc1cc(/C=C(\C#N)C(=O)Nc2ccc(OC)cc2)cc(OC)c1OCc1ccc(C(=O)O)cc1. The van der Waals surface area contributed by atoms with Crippen LogP contribution in [0.15, 0.2) is 78.9 Å². The highest BCUT2D eigenvalue weighted by Crippen LogP contribution is 2.35. The molecular formula is C29H26N2O6. The van der Waals surface area contributed by atoms with Gasteiger partial charge in [0.2, 0.25) is 0 Å². The molecule has 0 atom stereocenters. The Morgan fingerprint density at radius 1 is 1.05 bits per heavy atom. The number of hydrogen-bond donors (Lipinski definition) is 2. The molecule has 3 aromatic carbocycles. The molecule has 0 unspecified atom stereocenters. The van der Waals surface area contributed by atoms with Crippen LogP contribution in [0.4, 0.5) is 5.69 Å². The van der Waals surface area contributed by atoms with E-state index in [0.717, 1.165) is 11.1 Å². The van der Waals surface area contributed by atoms with E-state index in [1.165, 1.54) is 25.3 Å². The third kappa shape index (κ3) is 6.99. The Balaban J connectivity index is 1.85. The molecule has 0 saturated heterocycles. The van der Waals surface area contributed by atoms with Crippen molar-refractivity contribution in [2.24, 2.45) is 0 Å². The zero-order chi connectivity index (χ0) is 26.8. The van der Waals surface area contributed by atoms with Crippen LogP contribution in [0.25, 0.3) is 6.08 Å². The van der Waals surface area contributed by atoms with Crippen molar-refractivity contribution in [1.29, 1.82) is 5.26 Å². The molecule has 0 heterocycles. The Morgan fingerprint density at radius 2 is 1.76 bits per heavy atom.